The number of nitrogens with one attached hydrogen (secondary N) is 2. The zero-order valence-electron chi connectivity index (χ0n) is 33.7. The van der Waals surface area contributed by atoms with Crippen molar-refractivity contribution in [3.63, 3.8) is 0 Å². The first-order valence-corrected chi connectivity index (χ1v) is 21.1. The number of sulfonamides is 1. The molecular weight excluding hydrogens is 714 g/mol. The second kappa shape index (κ2) is 13.3. The van der Waals surface area contributed by atoms with E-state index in [1.807, 2.05) is 31.7 Å². The molecule has 4 heterocycles. The molecule has 0 bridgehead atoms. The van der Waals surface area contributed by atoms with Gasteiger partial charge in [0.25, 0.3) is 15.9 Å². The molecule has 55 heavy (non-hydrogen) atoms. The summed E-state index contributed by atoms with van der Waals surface area (Å²) in [6.07, 6.45) is 10.7. The third-order valence-electron chi connectivity index (χ3n) is 12.9. The summed E-state index contributed by atoms with van der Waals surface area (Å²) in [6.45, 7) is 10.9. The molecule has 0 aromatic carbocycles. The van der Waals surface area contributed by atoms with Crippen LogP contribution in [0.1, 0.15) is 89.9 Å². The molecule has 1 atom stereocenters. The minimum Gasteiger partial charge on any atom is -0.490 e. The van der Waals surface area contributed by atoms with Crippen molar-refractivity contribution in [3.8, 4) is 11.7 Å². The predicted molar refractivity (Wildman–Crippen MR) is 220 cm³/mol. The summed E-state index contributed by atoms with van der Waals surface area (Å²) in [7, 11) is 4.70. The van der Waals surface area contributed by atoms with Crippen LogP contribution in [0.4, 0.5) is 10.6 Å². The van der Waals surface area contributed by atoms with Gasteiger partial charge in [-0.1, -0.05) is 11.3 Å². The largest absolute Gasteiger partial charge is 0.490 e. The Kier molecular flexibility index (Phi) is 9.53. The normalized spacial score (nSPS) is 21.0. The van der Waals surface area contributed by atoms with Gasteiger partial charge in [-0.15, -0.1) is 5.10 Å². The molecule has 4 aliphatic rings. The van der Waals surface area contributed by atoms with Crippen LogP contribution in [0, 0.1) is 22.7 Å². The van der Waals surface area contributed by atoms with E-state index in [4.69, 9.17) is 9.47 Å². The highest BCUT2D eigenvalue weighted by Crippen LogP contribution is 2.96. The summed E-state index contributed by atoms with van der Waals surface area (Å²) in [6, 6.07) is 9.52. The Hall–Kier alpha value is -3.94. The summed E-state index contributed by atoms with van der Waals surface area (Å²) >= 11 is 0. The van der Waals surface area contributed by atoms with E-state index in [1.54, 1.807) is 29.1 Å². The van der Waals surface area contributed by atoms with Crippen LogP contribution in [0.25, 0.3) is 5.82 Å². The smallest absolute Gasteiger partial charge is 0.410 e. The molecule has 0 unspecified atom stereocenters. The highest BCUT2D eigenvalue weighted by molar-refractivity contribution is 7.90. The van der Waals surface area contributed by atoms with Crippen molar-refractivity contribution in [3.05, 3.63) is 54.4 Å². The fourth-order valence-electron chi connectivity index (χ4n) is 9.57. The number of amides is 2. The van der Waals surface area contributed by atoms with Crippen LogP contribution in [0.3, 0.4) is 0 Å². The van der Waals surface area contributed by atoms with Crippen LogP contribution in [0.15, 0.2) is 53.8 Å². The molecule has 2 spiro atoms. The molecule has 1 saturated heterocycles. The molecular formula is C37H53B4N7O6S. The Morgan fingerprint density at radius 1 is 1.00 bits per heavy atom. The Labute approximate surface area is 328 Å². The number of nitrogens with zero attached hydrogens (tertiary/aromatic N) is 5. The van der Waals surface area contributed by atoms with Crippen LogP contribution in [-0.4, -0.2) is 106 Å². The summed E-state index contributed by atoms with van der Waals surface area (Å²) in [5, 5.41) is 7.07. The van der Waals surface area contributed by atoms with Crippen molar-refractivity contribution in [2.75, 3.05) is 18.4 Å². The molecule has 2 amide bonds. The van der Waals surface area contributed by atoms with Crippen molar-refractivity contribution in [1.82, 2.24) is 29.4 Å². The lowest BCUT2D eigenvalue weighted by molar-refractivity contribution is 0.0130. The molecule has 4 fully saturated rings. The van der Waals surface area contributed by atoms with Crippen molar-refractivity contribution in [2.24, 2.45) is 22.7 Å². The number of rotatable bonds is 13. The molecule has 18 heteroatoms. The second-order valence-electron chi connectivity index (χ2n) is 18.9. The van der Waals surface area contributed by atoms with E-state index in [-0.39, 0.29) is 27.4 Å². The zero-order chi connectivity index (χ0) is 39.8. The van der Waals surface area contributed by atoms with Crippen molar-refractivity contribution < 1.29 is 27.5 Å². The van der Waals surface area contributed by atoms with Gasteiger partial charge < -0.3 is 19.7 Å². The quantitative estimate of drug-likeness (QED) is 0.195. The molecule has 13 nitrogen and oxygen atoms in total. The van der Waals surface area contributed by atoms with Gasteiger partial charge in [-0.3, -0.25) is 4.79 Å². The number of carbonyl (C=O) groups is 2. The van der Waals surface area contributed by atoms with E-state index in [0.29, 0.717) is 53.3 Å². The van der Waals surface area contributed by atoms with E-state index in [0.717, 1.165) is 19.3 Å². The van der Waals surface area contributed by atoms with E-state index in [9.17, 15) is 18.0 Å². The number of hydrogen-bond donors (Lipinski definition) is 2. The SMILES string of the molecule is BC(B)(Oc1ccn(-c2ccc(C(=O)NS(=O)(=O)c3cccc(NCCC[C@@H]4CN(C(=O)OC(C)(C)C)C(C)(C)C4)n3)cn2)n1)C(B)(B)C1C2(CC2)C12CC2. The summed E-state index contributed by atoms with van der Waals surface area (Å²) in [4.78, 5) is 36.3. The molecule has 2 N–H and O–H groups in total. The van der Waals surface area contributed by atoms with E-state index in [2.05, 4.69) is 70.3 Å². The molecule has 290 valence electrons. The number of aromatic nitrogens is 4. The summed E-state index contributed by atoms with van der Waals surface area (Å²) in [5.74, 6) is 1.51. The Bertz CT molecular complexity index is 2060. The Balaban J connectivity index is 0.898. The maximum Gasteiger partial charge on any atom is 0.410 e. The minimum absolute atomic E-state index is 0.0204. The summed E-state index contributed by atoms with van der Waals surface area (Å²) in [5.41, 5.74) is 0.324. The zero-order valence-corrected chi connectivity index (χ0v) is 34.5. The Morgan fingerprint density at radius 3 is 2.31 bits per heavy atom. The maximum absolute atomic E-state index is 13.2. The van der Waals surface area contributed by atoms with Gasteiger partial charge in [-0.05, 0) is 126 Å². The highest BCUT2D eigenvalue weighted by atomic mass is 32.2. The van der Waals surface area contributed by atoms with Crippen LogP contribution in [-0.2, 0) is 14.8 Å². The lowest BCUT2D eigenvalue weighted by atomic mass is 9.33. The van der Waals surface area contributed by atoms with Crippen molar-refractivity contribution in [2.45, 2.75) is 106 Å². The number of carbonyl (C=O) groups excluding carboxylic acids is 2. The van der Waals surface area contributed by atoms with Gasteiger partial charge in [0.1, 0.15) is 42.8 Å². The van der Waals surface area contributed by atoms with E-state index < -0.39 is 26.9 Å². The number of fused-ring (bicyclic) bond motifs is 1. The number of pyridine rings is 2. The van der Waals surface area contributed by atoms with Crippen LogP contribution in [0.2, 0.25) is 5.21 Å². The van der Waals surface area contributed by atoms with Gasteiger partial charge in [0.2, 0.25) is 5.88 Å². The number of hydrogen-bond acceptors (Lipinski definition) is 10. The lowest BCUT2D eigenvalue weighted by Gasteiger charge is -2.43. The lowest BCUT2D eigenvalue weighted by Crippen LogP contribution is -2.52. The molecule has 3 saturated carbocycles. The first-order valence-electron chi connectivity index (χ1n) is 19.6. The van der Waals surface area contributed by atoms with E-state index in [1.165, 1.54) is 44.0 Å². The van der Waals surface area contributed by atoms with Gasteiger partial charge in [0.15, 0.2) is 10.8 Å². The van der Waals surface area contributed by atoms with Crippen LogP contribution >= 0.6 is 0 Å². The van der Waals surface area contributed by atoms with Gasteiger partial charge in [0, 0.05) is 42.5 Å². The number of likely N-dealkylation sites (tertiary alicyclic amines) is 1. The molecule has 7 rings (SSSR count). The fraction of sp³-hybridized carbons (Fsp3) is 0.595. The number of anilines is 1. The Morgan fingerprint density at radius 2 is 1.69 bits per heavy atom. The molecule has 1 aliphatic heterocycles. The fourth-order valence-corrected chi connectivity index (χ4v) is 10.5. The second-order valence-corrected chi connectivity index (χ2v) is 20.6. The summed E-state index contributed by atoms with van der Waals surface area (Å²) < 4.78 is 42.2. The first-order chi connectivity index (χ1) is 25.6. The monoisotopic (exact) mass is 767 g/mol. The average molecular weight is 767 g/mol. The molecule has 3 aliphatic carbocycles. The van der Waals surface area contributed by atoms with Crippen molar-refractivity contribution in [1.29, 1.82) is 0 Å². The van der Waals surface area contributed by atoms with Crippen LogP contribution in [0.5, 0.6) is 5.88 Å². The molecule has 3 aromatic rings. The highest BCUT2D eigenvalue weighted by Gasteiger charge is 2.89. The van der Waals surface area contributed by atoms with E-state index >= 15 is 0 Å². The standard InChI is InChI=1S/C37H53B4N7O6S/c1-32(2,3)54-31(50)47-22-23(20-33(47,4)5)8-7-18-42-25-9-6-10-28(44-25)55(51,52)46-29(49)24-11-12-26(43-21-24)48-19-13-27(45-48)53-37(40,41)36(38,39)30-34(14-15-34)35(30)16-17-35/h6,9-13,19,21,23,30H,7-8,14-18,20,22,38-41H2,1-5H3,(H,42,44)(H,46,49)/t23-/m0/s1. The minimum atomic E-state index is -4.27. The van der Waals surface area contributed by atoms with Crippen LogP contribution < -0.4 is 14.8 Å². The van der Waals surface area contributed by atoms with Gasteiger partial charge in [-0.25, -0.2) is 24.2 Å². The topological polar surface area (TPSA) is 158 Å². The van der Waals surface area contributed by atoms with Gasteiger partial charge in [-0.2, -0.15) is 8.42 Å². The maximum atomic E-state index is 13.2. The molecule has 3 aromatic heterocycles. The third-order valence-corrected chi connectivity index (χ3v) is 14.2. The predicted octanol–water partition coefficient (Wildman–Crippen LogP) is 1.88. The van der Waals surface area contributed by atoms with Gasteiger partial charge >= 0.3 is 6.09 Å². The average Bonchev–Trinajstić information content (AvgIpc) is 4.05. The molecule has 0 radical (unpaired) electrons. The van der Waals surface area contributed by atoms with Crippen molar-refractivity contribution >= 4 is 59.2 Å². The van der Waals surface area contributed by atoms with Gasteiger partial charge in [0.05, 0.1) is 5.56 Å². The number of ether oxygens (including phenoxy) is 2. The first kappa shape index (κ1) is 39.3. The third kappa shape index (κ3) is 7.51.